The number of hydrogen-bond acceptors (Lipinski definition) is 3. The molecule has 24 heavy (non-hydrogen) atoms. The molecule has 2 N–H and O–H groups in total. The standard InChI is InChI=1S/C17H26FN3O2.HI/c1-4-22-15-7-6-13(10-14(15)18)11-20-16(19-3)21-12-17(2)8-5-9-23-17;/h6-7,10H,4-5,8-9,11-12H2,1-3H3,(H2,19,20,21);1H. The number of ether oxygens (including phenoxy) is 2. The van der Waals surface area contributed by atoms with E-state index < -0.39 is 0 Å². The van der Waals surface area contributed by atoms with Gasteiger partial charge in [0.05, 0.1) is 12.2 Å². The molecule has 0 aliphatic carbocycles. The molecule has 136 valence electrons. The van der Waals surface area contributed by atoms with Crippen LogP contribution >= 0.6 is 24.0 Å². The Morgan fingerprint density at radius 3 is 2.79 bits per heavy atom. The molecule has 1 aliphatic rings. The van der Waals surface area contributed by atoms with Crippen LogP contribution in [0.3, 0.4) is 0 Å². The minimum atomic E-state index is -0.346. The second-order valence-electron chi connectivity index (χ2n) is 5.88. The third kappa shape index (κ3) is 6.08. The highest BCUT2D eigenvalue weighted by atomic mass is 127. The van der Waals surface area contributed by atoms with Gasteiger partial charge in [0.1, 0.15) is 0 Å². The molecule has 1 unspecified atom stereocenters. The Bertz CT molecular complexity index is 549. The quantitative estimate of drug-likeness (QED) is 0.397. The van der Waals surface area contributed by atoms with Crippen molar-refractivity contribution in [2.24, 2.45) is 4.99 Å². The summed E-state index contributed by atoms with van der Waals surface area (Å²) in [7, 11) is 1.71. The Labute approximate surface area is 160 Å². The topological polar surface area (TPSA) is 54.9 Å². The van der Waals surface area contributed by atoms with E-state index in [4.69, 9.17) is 9.47 Å². The van der Waals surface area contributed by atoms with Crippen LogP contribution in [0.1, 0.15) is 32.3 Å². The number of nitrogens with zero attached hydrogens (tertiary/aromatic N) is 1. The predicted octanol–water partition coefficient (Wildman–Crippen LogP) is 3.08. The fourth-order valence-electron chi connectivity index (χ4n) is 2.58. The molecule has 2 rings (SSSR count). The summed E-state index contributed by atoms with van der Waals surface area (Å²) < 4.78 is 24.8. The molecule has 5 nitrogen and oxygen atoms in total. The van der Waals surface area contributed by atoms with Gasteiger partial charge in [-0.25, -0.2) is 4.39 Å². The zero-order valence-electron chi connectivity index (χ0n) is 14.5. The normalized spacial score (nSPS) is 20.4. The van der Waals surface area contributed by atoms with Gasteiger partial charge in [-0.3, -0.25) is 4.99 Å². The molecule has 1 atom stereocenters. The second-order valence-corrected chi connectivity index (χ2v) is 5.88. The van der Waals surface area contributed by atoms with Crippen LogP contribution in [0, 0.1) is 5.82 Å². The van der Waals surface area contributed by atoms with Crippen molar-refractivity contribution in [1.82, 2.24) is 10.6 Å². The van der Waals surface area contributed by atoms with Gasteiger partial charge < -0.3 is 20.1 Å². The average molecular weight is 451 g/mol. The molecule has 0 bridgehead atoms. The van der Waals surface area contributed by atoms with Gasteiger partial charge in [-0.05, 0) is 44.4 Å². The number of halogens is 2. The summed E-state index contributed by atoms with van der Waals surface area (Å²) in [5.74, 6) is 0.613. The maximum absolute atomic E-state index is 13.8. The summed E-state index contributed by atoms with van der Waals surface area (Å²) in [6, 6.07) is 4.97. The molecule has 7 heteroatoms. The van der Waals surface area contributed by atoms with E-state index in [0.29, 0.717) is 25.7 Å². The van der Waals surface area contributed by atoms with Gasteiger partial charge in [-0.15, -0.1) is 24.0 Å². The average Bonchev–Trinajstić information content (AvgIpc) is 2.97. The fourth-order valence-corrected chi connectivity index (χ4v) is 2.58. The summed E-state index contributed by atoms with van der Waals surface area (Å²) in [5, 5.41) is 6.45. The van der Waals surface area contributed by atoms with E-state index in [2.05, 4.69) is 22.5 Å². The summed E-state index contributed by atoms with van der Waals surface area (Å²) in [6.07, 6.45) is 2.14. The maximum Gasteiger partial charge on any atom is 0.191 e. The van der Waals surface area contributed by atoms with Crippen molar-refractivity contribution >= 4 is 29.9 Å². The highest BCUT2D eigenvalue weighted by Crippen LogP contribution is 2.23. The third-order valence-corrected chi connectivity index (χ3v) is 3.91. The summed E-state index contributed by atoms with van der Waals surface area (Å²) in [5.41, 5.74) is 0.695. The number of benzene rings is 1. The van der Waals surface area contributed by atoms with E-state index in [9.17, 15) is 4.39 Å². The summed E-state index contributed by atoms with van der Waals surface area (Å²) in [4.78, 5) is 4.19. The van der Waals surface area contributed by atoms with Crippen LogP contribution < -0.4 is 15.4 Å². The van der Waals surface area contributed by atoms with Gasteiger partial charge in [0.25, 0.3) is 0 Å². The third-order valence-electron chi connectivity index (χ3n) is 3.91. The zero-order chi connectivity index (χ0) is 16.7. The first-order valence-electron chi connectivity index (χ1n) is 8.06. The highest BCUT2D eigenvalue weighted by Gasteiger charge is 2.29. The van der Waals surface area contributed by atoms with E-state index in [1.807, 2.05) is 13.0 Å². The lowest BCUT2D eigenvalue weighted by atomic mass is 10.0. The molecule has 0 amide bonds. The monoisotopic (exact) mass is 451 g/mol. The van der Waals surface area contributed by atoms with Crippen molar-refractivity contribution in [3.8, 4) is 5.75 Å². The minimum absolute atomic E-state index is 0. The van der Waals surface area contributed by atoms with Crippen LogP contribution in [0.5, 0.6) is 5.75 Å². The molecular formula is C17H27FIN3O2. The smallest absolute Gasteiger partial charge is 0.191 e. The summed E-state index contributed by atoms with van der Waals surface area (Å²) >= 11 is 0. The lowest BCUT2D eigenvalue weighted by Crippen LogP contribution is -2.45. The van der Waals surface area contributed by atoms with E-state index in [-0.39, 0.29) is 41.1 Å². The Balaban J connectivity index is 0.00000288. The molecule has 1 aromatic rings. The first kappa shape index (κ1) is 21.0. The highest BCUT2D eigenvalue weighted by molar-refractivity contribution is 14.0. The van der Waals surface area contributed by atoms with Gasteiger partial charge in [-0.2, -0.15) is 0 Å². The second kappa shape index (κ2) is 10.0. The number of rotatable bonds is 6. The SMILES string of the molecule is CCOc1ccc(CNC(=NC)NCC2(C)CCCO2)cc1F.I. The molecule has 1 aliphatic heterocycles. The molecule has 0 saturated carbocycles. The van der Waals surface area contributed by atoms with Gasteiger partial charge in [-0.1, -0.05) is 6.07 Å². The van der Waals surface area contributed by atoms with E-state index in [0.717, 1.165) is 25.0 Å². The van der Waals surface area contributed by atoms with Crippen molar-refractivity contribution in [3.63, 3.8) is 0 Å². The van der Waals surface area contributed by atoms with Gasteiger partial charge in [0.15, 0.2) is 17.5 Å². The number of aliphatic imine (C=N–C) groups is 1. The van der Waals surface area contributed by atoms with Crippen LogP contribution in [0.15, 0.2) is 23.2 Å². The van der Waals surface area contributed by atoms with E-state index in [1.54, 1.807) is 13.1 Å². The molecule has 1 heterocycles. The summed E-state index contributed by atoms with van der Waals surface area (Å²) in [6.45, 7) is 6.38. The van der Waals surface area contributed by atoms with Crippen LogP contribution in [0.2, 0.25) is 0 Å². The van der Waals surface area contributed by atoms with Crippen molar-refractivity contribution in [3.05, 3.63) is 29.6 Å². The Hall–Kier alpha value is -1.09. The Kier molecular flexibility index (Phi) is 8.75. The number of guanidine groups is 1. The van der Waals surface area contributed by atoms with Gasteiger partial charge in [0, 0.05) is 26.7 Å². The molecule has 0 aromatic heterocycles. The van der Waals surface area contributed by atoms with Crippen molar-refractivity contribution < 1.29 is 13.9 Å². The van der Waals surface area contributed by atoms with Crippen LogP contribution in [0.25, 0.3) is 0 Å². The van der Waals surface area contributed by atoms with Crippen molar-refractivity contribution in [2.75, 3.05) is 26.8 Å². The van der Waals surface area contributed by atoms with Crippen LogP contribution in [-0.2, 0) is 11.3 Å². The predicted molar refractivity (Wildman–Crippen MR) is 105 cm³/mol. The molecule has 1 saturated heterocycles. The first-order chi connectivity index (χ1) is 11.1. The van der Waals surface area contributed by atoms with Gasteiger partial charge >= 0.3 is 0 Å². The molecule has 1 fully saturated rings. The van der Waals surface area contributed by atoms with E-state index in [1.165, 1.54) is 6.07 Å². The van der Waals surface area contributed by atoms with Crippen molar-refractivity contribution in [1.29, 1.82) is 0 Å². The Morgan fingerprint density at radius 2 is 2.21 bits per heavy atom. The lowest BCUT2D eigenvalue weighted by molar-refractivity contribution is 0.0243. The molecule has 0 spiro atoms. The van der Waals surface area contributed by atoms with Crippen LogP contribution in [-0.4, -0.2) is 38.4 Å². The number of nitrogens with one attached hydrogen (secondary N) is 2. The number of hydrogen-bond donors (Lipinski definition) is 2. The van der Waals surface area contributed by atoms with Gasteiger partial charge in [0.2, 0.25) is 0 Å². The molecule has 0 radical (unpaired) electrons. The minimum Gasteiger partial charge on any atom is -0.491 e. The molecular weight excluding hydrogens is 424 g/mol. The maximum atomic E-state index is 13.8. The first-order valence-corrected chi connectivity index (χ1v) is 8.06. The lowest BCUT2D eigenvalue weighted by Gasteiger charge is -2.24. The van der Waals surface area contributed by atoms with Crippen LogP contribution in [0.4, 0.5) is 4.39 Å². The van der Waals surface area contributed by atoms with Crippen molar-refractivity contribution in [2.45, 2.75) is 38.8 Å². The fraction of sp³-hybridized carbons (Fsp3) is 0.588. The largest absolute Gasteiger partial charge is 0.491 e. The zero-order valence-corrected chi connectivity index (χ0v) is 16.9. The molecule has 1 aromatic carbocycles. The van der Waals surface area contributed by atoms with E-state index >= 15 is 0 Å². The Morgan fingerprint density at radius 1 is 1.42 bits per heavy atom.